The lowest BCUT2D eigenvalue weighted by molar-refractivity contribution is -0.117. The molecule has 1 rings (SSSR count). The molecule has 0 aliphatic rings. The Morgan fingerprint density at radius 2 is 2.07 bits per heavy atom. The normalized spacial score (nSPS) is 12.2. The molecule has 1 atom stereocenters. The summed E-state index contributed by atoms with van der Waals surface area (Å²) in [6.45, 7) is 1.98. The van der Waals surface area contributed by atoms with Crippen LogP contribution in [0.5, 0.6) is 0 Å². The fourth-order valence-corrected chi connectivity index (χ4v) is 1.04. The number of carbonyl (C=O) groups is 1. The quantitative estimate of drug-likeness (QED) is 0.624. The van der Waals surface area contributed by atoms with E-state index in [0.29, 0.717) is 12.3 Å². The average Bonchev–Trinajstić information content (AvgIpc) is 2.21. The maximum Gasteiger partial charge on any atom is 0.240 e. The largest absolute Gasteiger partial charge is 0.325 e. The summed E-state index contributed by atoms with van der Waals surface area (Å²) in [5.74, 6) is 4.72. The Labute approximate surface area is 88.3 Å². The van der Waals surface area contributed by atoms with E-state index in [4.69, 9.17) is 11.6 Å². The van der Waals surface area contributed by atoms with Crippen molar-refractivity contribution in [1.82, 2.24) is 0 Å². The van der Waals surface area contributed by atoms with Crippen molar-refractivity contribution in [2.24, 2.45) is 11.6 Å². The molecule has 0 saturated heterocycles. The Morgan fingerprint density at radius 3 is 2.53 bits per heavy atom. The number of nitrogens with two attached hydrogens (primary N) is 2. The molecule has 1 amide bonds. The van der Waals surface area contributed by atoms with E-state index in [1.54, 1.807) is 19.1 Å². The van der Waals surface area contributed by atoms with Crippen LogP contribution in [-0.2, 0) is 16.2 Å². The minimum absolute atomic E-state index is 0.210. The van der Waals surface area contributed by atoms with Gasteiger partial charge in [-0.2, -0.15) is 0 Å². The summed E-state index contributed by atoms with van der Waals surface area (Å²) < 4.78 is 0. The van der Waals surface area contributed by atoms with Crippen LogP contribution in [0.3, 0.4) is 0 Å². The number of anilines is 1. The molecule has 0 heterocycles. The van der Waals surface area contributed by atoms with Crippen LogP contribution in [0.15, 0.2) is 24.3 Å². The molecule has 15 heavy (non-hydrogen) atoms. The third-order valence-electron chi connectivity index (χ3n) is 1.89. The van der Waals surface area contributed by atoms with E-state index in [1.807, 2.05) is 12.1 Å². The second-order valence-electron chi connectivity index (χ2n) is 3.29. The van der Waals surface area contributed by atoms with Crippen LogP contribution < -0.4 is 16.9 Å². The summed E-state index contributed by atoms with van der Waals surface area (Å²) in [6, 6.07) is 6.67. The molecule has 82 valence electrons. The van der Waals surface area contributed by atoms with Crippen molar-refractivity contribution < 1.29 is 9.63 Å². The first-order valence-electron chi connectivity index (χ1n) is 4.60. The van der Waals surface area contributed by atoms with E-state index in [0.717, 1.165) is 5.56 Å². The molecular weight excluding hydrogens is 194 g/mol. The van der Waals surface area contributed by atoms with Gasteiger partial charge in [0.1, 0.15) is 0 Å². The zero-order valence-corrected chi connectivity index (χ0v) is 8.57. The first kappa shape index (κ1) is 11.6. The molecule has 0 saturated carbocycles. The molecule has 5 nitrogen and oxygen atoms in total. The molecule has 0 aliphatic heterocycles. The monoisotopic (exact) mass is 209 g/mol. The maximum absolute atomic E-state index is 11.2. The summed E-state index contributed by atoms with van der Waals surface area (Å²) in [5.41, 5.74) is 7.06. The van der Waals surface area contributed by atoms with E-state index < -0.39 is 6.04 Å². The van der Waals surface area contributed by atoms with E-state index in [2.05, 4.69) is 10.2 Å². The van der Waals surface area contributed by atoms with Gasteiger partial charge in [0.25, 0.3) is 0 Å². The molecule has 1 aromatic carbocycles. The zero-order valence-electron chi connectivity index (χ0n) is 8.57. The molecule has 0 radical (unpaired) electrons. The second kappa shape index (κ2) is 5.45. The van der Waals surface area contributed by atoms with Crippen molar-refractivity contribution >= 4 is 11.6 Å². The van der Waals surface area contributed by atoms with Gasteiger partial charge in [0.05, 0.1) is 12.6 Å². The first-order valence-corrected chi connectivity index (χ1v) is 4.60. The lowest BCUT2D eigenvalue weighted by atomic mass is 10.2. The second-order valence-corrected chi connectivity index (χ2v) is 3.29. The van der Waals surface area contributed by atoms with Gasteiger partial charge < -0.3 is 11.1 Å². The maximum atomic E-state index is 11.2. The lowest BCUT2D eigenvalue weighted by Crippen LogP contribution is -2.32. The van der Waals surface area contributed by atoms with Gasteiger partial charge in [0.2, 0.25) is 5.91 Å². The summed E-state index contributed by atoms with van der Waals surface area (Å²) in [7, 11) is 0. The highest BCUT2D eigenvalue weighted by Gasteiger charge is 2.06. The van der Waals surface area contributed by atoms with Crippen molar-refractivity contribution in [2.45, 2.75) is 19.6 Å². The third kappa shape index (κ3) is 3.67. The smallest absolute Gasteiger partial charge is 0.240 e. The van der Waals surface area contributed by atoms with Crippen LogP contribution in [0.2, 0.25) is 0 Å². The molecule has 5 N–H and O–H groups in total. The van der Waals surface area contributed by atoms with Crippen LogP contribution in [0.25, 0.3) is 0 Å². The predicted octanol–water partition coefficient (Wildman–Crippen LogP) is 0.363. The number of nitrogens with one attached hydrogen (secondary N) is 1. The van der Waals surface area contributed by atoms with Gasteiger partial charge in [0.15, 0.2) is 0 Å². The van der Waals surface area contributed by atoms with Gasteiger partial charge >= 0.3 is 0 Å². The van der Waals surface area contributed by atoms with Gasteiger partial charge in [-0.1, -0.05) is 12.1 Å². The van der Waals surface area contributed by atoms with Crippen molar-refractivity contribution in [3.05, 3.63) is 29.8 Å². The standard InChI is InChI=1S/C10H15N3O2/c1-7(11)10(14)13-9-4-2-8(3-5-9)6-15-12/h2-5,7H,6,11-12H2,1H3,(H,13,14). The highest BCUT2D eigenvalue weighted by atomic mass is 16.6. The SMILES string of the molecule is CC(N)C(=O)Nc1ccc(CON)cc1. The molecule has 1 unspecified atom stereocenters. The summed E-state index contributed by atoms with van der Waals surface area (Å²) in [4.78, 5) is 15.7. The van der Waals surface area contributed by atoms with Crippen molar-refractivity contribution in [3.8, 4) is 0 Å². The highest BCUT2D eigenvalue weighted by Crippen LogP contribution is 2.10. The number of hydrogen-bond acceptors (Lipinski definition) is 4. The van der Waals surface area contributed by atoms with Crippen molar-refractivity contribution in [1.29, 1.82) is 0 Å². The van der Waals surface area contributed by atoms with Gasteiger partial charge in [-0.3, -0.25) is 9.63 Å². The number of amides is 1. The Morgan fingerprint density at radius 1 is 1.47 bits per heavy atom. The third-order valence-corrected chi connectivity index (χ3v) is 1.89. The Kier molecular flexibility index (Phi) is 4.23. The van der Waals surface area contributed by atoms with E-state index >= 15 is 0 Å². The molecule has 5 heteroatoms. The minimum atomic E-state index is -0.517. The van der Waals surface area contributed by atoms with Gasteiger partial charge in [0, 0.05) is 5.69 Å². The summed E-state index contributed by atoms with van der Waals surface area (Å²) in [5, 5.41) is 2.67. The Bertz CT molecular complexity index is 322. The average molecular weight is 209 g/mol. The van der Waals surface area contributed by atoms with Crippen molar-refractivity contribution in [2.75, 3.05) is 5.32 Å². The molecule has 1 aromatic rings. The minimum Gasteiger partial charge on any atom is -0.325 e. The van der Waals surface area contributed by atoms with E-state index in [1.165, 1.54) is 0 Å². The fraction of sp³-hybridized carbons (Fsp3) is 0.300. The van der Waals surface area contributed by atoms with Crippen LogP contribution in [-0.4, -0.2) is 11.9 Å². The topological polar surface area (TPSA) is 90.4 Å². The molecular formula is C10H15N3O2. The lowest BCUT2D eigenvalue weighted by Gasteiger charge is -2.08. The molecule has 0 aromatic heterocycles. The highest BCUT2D eigenvalue weighted by molar-refractivity contribution is 5.94. The van der Waals surface area contributed by atoms with Crippen molar-refractivity contribution in [3.63, 3.8) is 0 Å². The predicted molar refractivity (Wildman–Crippen MR) is 57.7 cm³/mol. The first-order chi connectivity index (χ1) is 7.13. The Balaban J connectivity index is 2.60. The van der Waals surface area contributed by atoms with Gasteiger partial charge in [-0.05, 0) is 24.6 Å². The number of benzene rings is 1. The van der Waals surface area contributed by atoms with Crippen LogP contribution >= 0.6 is 0 Å². The molecule has 0 fully saturated rings. The van der Waals surface area contributed by atoms with Crippen LogP contribution in [0, 0.1) is 0 Å². The fourth-order valence-electron chi connectivity index (χ4n) is 1.04. The Hall–Kier alpha value is -1.43. The summed E-state index contributed by atoms with van der Waals surface area (Å²) >= 11 is 0. The molecule has 0 spiro atoms. The number of hydrogen-bond donors (Lipinski definition) is 3. The van der Waals surface area contributed by atoms with Gasteiger partial charge in [-0.25, -0.2) is 5.90 Å². The van der Waals surface area contributed by atoms with Crippen LogP contribution in [0.1, 0.15) is 12.5 Å². The molecule has 0 bridgehead atoms. The van der Waals surface area contributed by atoms with Gasteiger partial charge in [-0.15, -0.1) is 0 Å². The van der Waals surface area contributed by atoms with Crippen LogP contribution in [0.4, 0.5) is 5.69 Å². The summed E-state index contributed by atoms with van der Waals surface area (Å²) in [6.07, 6.45) is 0. The number of rotatable bonds is 4. The zero-order chi connectivity index (χ0) is 11.3. The van der Waals surface area contributed by atoms with E-state index in [-0.39, 0.29) is 5.91 Å². The van der Waals surface area contributed by atoms with E-state index in [9.17, 15) is 4.79 Å². The number of carbonyl (C=O) groups excluding carboxylic acids is 1. The molecule has 0 aliphatic carbocycles.